The molecule has 2 N–H and O–H groups in total. The van der Waals surface area contributed by atoms with E-state index in [-0.39, 0.29) is 5.41 Å². The van der Waals surface area contributed by atoms with Gasteiger partial charge in [-0.25, -0.2) is 0 Å². The zero-order chi connectivity index (χ0) is 11.8. The van der Waals surface area contributed by atoms with Crippen LogP contribution < -0.4 is 5.73 Å². The second-order valence-corrected chi connectivity index (χ2v) is 5.15. The van der Waals surface area contributed by atoms with Gasteiger partial charge in [-0.15, -0.1) is 10.2 Å². The molecule has 2 aromatic rings. The van der Waals surface area contributed by atoms with Crippen LogP contribution in [0.5, 0.6) is 0 Å². The van der Waals surface area contributed by atoms with Gasteiger partial charge in [0.25, 0.3) is 0 Å². The predicted molar refractivity (Wildman–Crippen MR) is 64.7 cm³/mol. The summed E-state index contributed by atoms with van der Waals surface area (Å²) in [7, 11) is 0. The normalized spacial score (nSPS) is 15.5. The first-order chi connectivity index (χ1) is 7.64. The highest BCUT2D eigenvalue weighted by Crippen LogP contribution is 2.30. The van der Waals surface area contributed by atoms with Gasteiger partial charge >= 0.3 is 0 Å². The summed E-state index contributed by atoms with van der Waals surface area (Å²) in [6.07, 6.45) is 1.82. The van der Waals surface area contributed by atoms with E-state index < -0.39 is 0 Å². The Morgan fingerprint density at radius 3 is 2.69 bits per heavy atom. The molecule has 88 valence electrons. The number of hydrogen-bond donors (Lipinski definition) is 1. The average Bonchev–Trinajstić information content (AvgIpc) is 2.87. The lowest BCUT2D eigenvalue weighted by molar-refractivity contribution is 0.458. The summed E-state index contributed by atoms with van der Waals surface area (Å²) in [6, 6.07) is 0. The Morgan fingerprint density at radius 1 is 1.38 bits per heavy atom. The van der Waals surface area contributed by atoms with Crippen LogP contribution in [-0.2, 0) is 11.8 Å². The third kappa shape index (κ3) is 1.62. The minimum atomic E-state index is -0.0453. The van der Waals surface area contributed by atoms with Crippen molar-refractivity contribution < 1.29 is 0 Å². The second-order valence-electron chi connectivity index (χ2n) is 4.19. The van der Waals surface area contributed by atoms with Crippen LogP contribution in [0, 0.1) is 0 Å². The van der Waals surface area contributed by atoms with Gasteiger partial charge in [0.15, 0.2) is 5.82 Å². The van der Waals surface area contributed by atoms with Gasteiger partial charge in [-0.3, -0.25) is 0 Å². The van der Waals surface area contributed by atoms with E-state index in [1.807, 2.05) is 4.52 Å². The van der Waals surface area contributed by atoms with Crippen molar-refractivity contribution in [3.8, 4) is 0 Å². The van der Waals surface area contributed by atoms with Gasteiger partial charge in [0.2, 0.25) is 4.96 Å². The molecule has 1 atom stereocenters. The lowest BCUT2D eigenvalue weighted by atomic mass is 9.89. The highest BCUT2D eigenvalue weighted by Gasteiger charge is 2.28. The number of fused-ring (bicyclic) bond motifs is 1. The van der Waals surface area contributed by atoms with E-state index in [2.05, 4.69) is 36.1 Å². The van der Waals surface area contributed by atoms with Gasteiger partial charge in [0.1, 0.15) is 5.01 Å². The molecule has 1 unspecified atom stereocenters. The fourth-order valence-corrected chi connectivity index (χ4v) is 2.59. The molecule has 16 heavy (non-hydrogen) atoms. The highest BCUT2D eigenvalue weighted by atomic mass is 32.1. The minimum absolute atomic E-state index is 0.0453. The van der Waals surface area contributed by atoms with Crippen molar-refractivity contribution in [3.63, 3.8) is 0 Å². The quantitative estimate of drug-likeness (QED) is 0.875. The largest absolute Gasteiger partial charge is 0.330 e. The lowest BCUT2D eigenvalue weighted by Gasteiger charge is -2.22. The van der Waals surface area contributed by atoms with Crippen LogP contribution in [0.25, 0.3) is 4.96 Å². The van der Waals surface area contributed by atoms with Crippen LogP contribution in [0.15, 0.2) is 0 Å². The lowest BCUT2D eigenvalue weighted by Crippen LogP contribution is -2.31. The van der Waals surface area contributed by atoms with Gasteiger partial charge in [0.05, 0.1) is 0 Å². The SMILES string of the molecule is CCc1nnc2sc(C(C)(CC)CN)nn12. The van der Waals surface area contributed by atoms with E-state index in [0.29, 0.717) is 6.54 Å². The maximum atomic E-state index is 5.83. The zero-order valence-electron chi connectivity index (χ0n) is 9.90. The fraction of sp³-hybridized carbons (Fsp3) is 0.700. The van der Waals surface area contributed by atoms with Crippen molar-refractivity contribution in [2.24, 2.45) is 5.73 Å². The van der Waals surface area contributed by atoms with Gasteiger partial charge < -0.3 is 5.73 Å². The Kier molecular flexibility index (Phi) is 2.94. The summed E-state index contributed by atoms with van der Waals surface area (Å²) < 4.78 is 1.84. The van der Waals surface area contributed by atoms with Crippen LogP contribution in [0.1, 0.15) is 38.0 Å². The number of nitrogens with zero attached hydrogens (tertiary/aromatic N) is 4. The summed E-state index contributed by atoms with van der Waals surface area (Å²) in [4.78, 5) is 0.861. The van der Waals surface area contributed by atoms with Gasteiger partial charge in [-0.2, -0.15) is 9.61 Å². The number of nitrogens with two attached hydrogens (primary N) is 1. The molecule has 2 rings (SSSR count). The van der Waals surface area contributed by atoms with Crippen molar-refractivity contribution in [1.29, 1.82) is 0 Å². The van der Waals surface area contributed by atoms with Crippen molar-refractivity contribution >= 4 is 16.3 Å². The van der Waals surface area contributed by atoms with Crippen LogP contribution in [0.2, 0.25) is 0 Å². The van der Waals surface area contributed by atoms with Crippen LogP contribution >= 0.6 is 11.3 Å². The Morgan fingerprint density at radius 2 is 2.12 bits per heavy atom. The average molecular weight is 239 g/mol. The topological polar surface area (TPSA) is 69.1 Å². The Labute approximate surface area is 98.7 Å². The summed E-state index contributed by atoms with van der Waals surface area (Å²) in [6.45, 7) is 6.94. The van der Waals surface area contributed by atoms with Gasteiger partial charge in [-0.1, -0.05) is 32.1 Å². The number of aryl methyl sites for hydroxylation is 1. The van der Waals surface area contributed by atoms with E-state index in [1.54, 1.807) is 11.3 Å². The summed E-state index contributed by atoms with van der Waals surface area (Å²) in [5.41, 5.74) is 5.79. The number of rotatable bonds is 4. The van der Waals surface area contributed by atoms with Gasteiger partial charge in [0, 0.05) is 18.4 Å². The predicted octanol–water partition coefficient (Wildman–Crippen LogP) is 1.37. The summed E-state index contributed by atoms with van der Waals surface area (Å²) in [5.74, 6) is 0.910. The molecule has 0 saturated carbocycles. The van der Waals surface area contributed by atoms with Crippen LogP contribution in [0.3, 0.4) is 0 Å². The fourth-order valence-electron chi connectivity index (χ4n) is 1.50. The van der Waals surface area contributed by atoms with Crippen molar-refractivity contribution in [1.82, 2.24) is 19.8 Å². The summed E-state index contributed by atoms with van der Waals surface area (Å²) >= 11 is 1.59. The molecule has 6 heteroatoms. The monoisotopic (exact) mass is 239 g/mol. The molecular formula is C10H17N5S. The van der Waals surface area contributed by atoms with Crippen LogP contribution in [-0.4, -0.2) is 26.4 Å². The molecule has 2 aromatic heterocycles. The molecule has 2 heterocycles. The molecule has 5 nitrogen and oxygen atoms in total. The molecule has 0 amide bonds. The smallest absolute Gasteiger partial charge is 0.234 e. The maximum Gasteiger partial charge on any atom is 0.234 e. The third-order valence-corrected chi connectivity index (χ3v) is 4.32. The van der Waals surface area contributed by atoms with Gasteiger partial charge in [-0.05, 0) is 6.42 Å². The first kappa shape index (κ1) is 11.5. The van der Waals surface area contributed by atoms with E-state index in [0.717, 1.165) is 28.6 Å². The third-order valence-electron chi connectivity index (χ3n) is 3.12. The van der Waals surface area contributed by atoms with Crippen molar-refractivity contribution in [2.75, 3.05) is 6.54 Å². The Balaban J connectivity index is 2.50. The van der Waals surface area contributed by atoms with Crippen molar-refractivity contribution in [3.05, 3.63) is 10.8 Å². The molecule has 0 aliphatic rings. The molecule has 0 aliphatic heterocycles. The Bertz CT molecular complexity index is 482. The first-order valence-electron chi connectivity index (χ1n) is 5.56. The van der Waals surface area contributed by atoms with E-state index in [9.17, 15) is 0 Å². The number of aromatic nitrogens is 4. The molecule has 0 aromatic carbocycles. The Hall–Kier alpha value is -1.01. The maximum absolute atomic E-state index is 5.83. The summed E-state index contributed by atoms with van der Waals surface area (Å²) in [5, 5.41) is 13.8. The molecule has 0 radical (unpaired) electrons. The molecular weight excluding hydrogens is 222 g/mol. The molecule has 0 bridgehead atoms. The van der Waals surface area contributed by atoms with E-state index >= 15 is 0 Å². The standard InChI is InChI=1S/C10H17N5S/c1-4-7-12-13-9-15(7)14-8(16-9)10(3,5-2)6-11/h4-6,11H2,1-3H3. The molecule has 0 spiro atoms. The molecule has 0 aliphatic carbocycles. The number of hydrogen-bond acceptors (Lipinski definition) is 5. The van der Waals surface area contributed by atoms with E-state index in [4.69, 9.17) is 5.73 Å². The zero-order valence-corrected chi connectivity index (χ0v) is 10.7. The first-order valence-corrected chi connectivity index (χ1v) is 6.38. The molecule has 0 fully saturated rings. The second kappa shape index (κ2) is 4.10. The molecule has 0 saturated heterocycles. The van der Waals surface area contributed by atoms with Crippen LogP contribution in [0.4, 0.5) is 0 Å². The van der Waals surface area contributed by atoms with Crippen molar-refractivity contribution in [2.45, 2.75) is 39.0 Å². The highest BCUT2D eigenvalue weighted by molar-refractivity contribution is 7.16. The van der Waals surface area contributed by atoms with E-state index in [1.165, 1.54) is 0 Å². The minimum Gasteiger partial charge on any atom is -0.330 e.